The number of hydrogen-bond acceptors (Lipinski definition) is 14. The summed E-state index contributed by atoms with van der Waals surface area (Å²) in [6.07, 6.45) is 1.57. The van der Waals surface area contributed by atoms with Crippen molar-refractivity contribution in [3.63, 3.8) is 0 Å². The zero-order valence-corrected chi connectivity index (χ0v) is 21.8. The molecule has 1 fully saturated rings. The van der Waals surface area contributed by atoms with Gasteiger partial charge in [-0.3, -0.25) is 44.4 Å². The molecule has 1 aliphatic rings. The lowest BCUT2D eigenvalue weighted by atomic mass is 10.2. The highest BCUT2D eigenvalue weighted by molar-refractivity contribution is 7.48. The molecular weight excluding hydrogens is 525 g/mol. The van der Waals surface area contributed by atoms with E-state index in [0.717, 1.165) is 18.8 Å². The molecule has 1 saturated heterocycles. The molecule has 2 aromatic rings. The molecule has 38 heavy (non-hydrogen) atoms. The molecule has 3 rings (SSSR count). The van der Waals surface area contributed by atoms with Gasteiger partial charge in [-0.05, 0) is 19.2 Å². The van der Waals surface area contributed by atoms with Gasteiger partial charge < -0.3 is 15.8 Å². The van der Waals surface area contributed by atoms with Crippen molar-refractivity contribution in [3.05, 3.63) is 52.3 Å². The first-order valence-corrected chi connectivity index (χ1v) is 12.4. The first kappa shape index (κ1) is 31.0. The number of rotatable bonds is 9. The van der Waals surface area contributed by atoms with Crippen molar-refractivity contribution in [2.45, 2.75) is 24.9 Å². The Hall–Kier alpha value is -3.23. The summed E-state index contributed by atoms with van der Waals surface area (Å²) in [5.41, 5.74) is 7.95. The maximum Gasteiger partial charge on any atom is 0.474 e. The fourth-order valence-electron chi connectivity index (χ4n) is 3.18. The van der Waals surface area contributed by atoms with Crippen LogP contribution in [0.5, 0.6) is 0 Å². The Bertz CT molecular complexity index is 1210. The Labute approximate surface area is 218 Å². The Morgan fingerprint density at radius 1 is 1.39 bits per heavy atom. The van der Waals surface area contributed by atoms with E-state index in [1.165, 1.54) is 12.4 Å². The van der Waals surface area contributed by atoms with Gasteiger partial charge in [-0.25, -0.2) is 14.2 Å². The highest BCUT2D eigenvalue weighted by Gasteiger charge is 2.42. The van der Waals surface area contributed by atoms with Crippen LogP contribution in [0.1, 0.15) is 28.6 Å². The van der Waals surface area contributed by atoms with E-state index < -0.39 is 31.9 Å². The first-order valence-electron chi connectivity index (χ1n) is 11.0. The van der Waals surface area contributed by atoms with Crippen LogP contribution in [0.2, 0.25) is 0 Å². The third kappa shape index (κ3) is 8.67. The Morgan fingerprint density at radius 3 is 2.71 bits per heavy atom. The number of nitrogen functional groups attached to an aromatic ring is 1. The minimum Gasteiger partial charge on any atom is -0.382 e. The van der Waals surface area contributed by atoms with Crippen molar-refractivity contribution in [3.8, 4) is 11.8 Å². The maximum absolute atomic E-state index is 12.5. The van der Waals surface area contributed by atoms with E-state index >= 15 is 0 Å². The normalized spacial score (nSPS) is 18.6. The third-order valence-electron chi connectivity index (χ3n) is 4.91. The fraction of sp³-hybridized carbons (Fsp3) is 0.429. The standard InChI is InChI=1S/C20H24N5O9P.CH6N2/c1-30-35(29,31-2)34-15-9-17(33-16(15)12-32-28)25-11-14(18(21)24-20(25)27)6-4-8-23-19(26)13-5-3-7-22-10-13;1-3-2/h3,5,7,10-11,15-17,28H,8-9,12H2,1-2H3,(H,23,26)(H2,21,24,27);3H,2H2,1H3. The van der Waals surface area contributed by atoms with Gasteiger partial charge >= 0.3 is 13.5 Å². The molecule has 3 atom stereocenters. The molecule has 0 radical (unpaired) electrons. The highest BCUT2D eigenvalue weighted by Crippen LogP contribution is 2.51. The number of hydrogen-bond donors (Lipinski definition) is 5. The summed E-state index contributed by atoms with van der Waals surface area (Å²) in [7, 11) is 0.0571. The van der Waals surface area contributed by atoms with Gasteiger partial charge in [0, 0.05) is 39.2 Å². The molecule has 0 bridgehead atoms. The number of carbonyl (C=O) groups excluding carboxylic acids is 1. The van der Waals surface area contributed by atoms with Crippen molar-refractivity contribution >= 4 is 19.5 Å². The minimum absolute atomic E-state index is 0.00136. The second kappa shape index (κ2) is 15.2. The van der Waals surface area contributed by atoms with E-state index in [1.54, 1.807) is 25.4 Å². The quantitative estimate of drug-likeness (QED) is 0.0876. The monoisotopic (exact) mass is 555 g/mol. The van der Waals surface area contributed by atoms with Crippen molar-refractivity contribution in [2.75, 3.05) is 40.2 Å². The lowest BCUT2D eigenvalue weighted by Crippen LogP contribution is -2.29. The van der Waals surface area contributed by atoms with Crippen LogP contribution in [0, 0.1) is 11.8 Å². The van der Waals surface area contributed by atoms with Crippen LogP contribution < -0.4 is 28.0 Å². The maximum atomic E-state index is 12.5. The van der Waals surface area contributed by atoms with Gasteiger partial charge in [-0.1, -0.05) is 11.8 Å². The van der Waals surface area contributed by atoms with E-state index in [4.69, 9.17) is 29.3 Å². The average Bonchev–Trinajstić information content (AvgIpc) is 3.30. The number of hydrazine groups is 1. The number of ether oxygens (including phenoxy) is 1. The van der Waals surface area contributed by atoms with Crippen LogP contribution in [0.15, 0.2) is 35.5 Å². The number of anilines is 1. The number of carbonyl (C=O) groups is 1. The lowest BCUT2D eigenvalue weighted by molar-refractivity contribution is -0.264. The summed E-state index contributed by atoms with van der Waals surface area (Å²) in [6.45, 7) is -0.337. The van der Waals surface area contributed by atoms with E-state index in [-0.39, 0.29) is 36.9 Å². The highest BCUT2D eigenvalue weighted by atomic mass is 31.2. The van der Waals surface area contributed by atoms with Crippen LogP contribution in [0.4, 0.5) is 5.82 Å². The molecule has 7 N–H and O–H groups in total. The second-order valence-electron chi connectivity index (χ2n) is 7.36. The molecule has 0 spiro atoms. The molecule has 0 aliphatic carbocycles. The lowest BCUT2D eigenvalue weighted by Gasteiger charge is -2.21. The van der Waals surface area contributed by atoms with Crippen molar-refractivity contribution in [1.29, 1.82) is 0 Å². The number of nitrogens with one attached hydrogen (secondary N) is 2. The molecule has 16 nitrogen and oxygen atoms in total. The van der Waals surface area contributed by atoms with Gasteiger partial charge in [0.25, 0.3) is 5.91 Å². The van der Waals surface area contributed by atoms with Gasteiger partial charge in [0.2, 0.25) is 0 Å². The van der Waals surface area contributed by atoms with Crippen LogP contribution in [-0.4, -0.2) is 72.3 Å². The Kier molecular flexibility index (Phi) is 12.4. The summed E-state index contributed by atoms with van der Waals surface area (Å²) in [4.78, 5) is 36.3. The summed E-state index contributed by atoms with van der Waals surface area (Å²) >= 11 is 0. The van der Waals surface area contributed by atoms with Gasteiger partial charge in [0.05, 0.1) is 17.7 Å². The molecule has 0 saturated carbocycles. The summed E-state index contributed by atoms with van der Waals surface area (Å²) in [6, 6.07) is 3.25. The van der Waals surface area contributed by atoms with E-state index in [0.29, 0.717) is 5.56 Å². The van der Waals surface area contributed by atoms with Gasteiger partial charge in [-0.2, -0.15) is 4.98 Å². The molecule has 1 amide bonds. The fourth-order valence-corrected chi connectivity index (χ4v) is 4.05. The number of pyridine rings is 1. The summed E-state index contributed by atoms with van der Waals surface area (Å²) < 4.78 is 34.2. The Balaban J connectivity index is 0.00000161. The zero-order valence-electron chi connectivity index (χ0n) is 20.9. The third-order valence-corrected chi connectivity index (χ3v) is 6.33. The predicted molar refractivity (Wildman–Crippen MR) is 133 cm³/mol. The van der Waals surface area contributed by atoms with Crippen molar-refractivity contribution in [2.24, 2.45) is 5.84 Å². The zero-order chi connectivity index (χ0) is 28.1. The van der Waals surface area contributed by atoms with Crippen molar-refractivity contribution < 1.29 is 37.8 Å². The molecule has 0 aromatic carbocycles. The molecule has 1 aliphatic heterocycles. The van der Waals surface area contributed by atoms with Gasteiger partial charge in [-0.15, -0.1) is 0 Å². The Morgan fingerprint density at radius 2 is 2.11 bits per heavy atom. The molecule has 2 aromatic heterocycles. The van der Waals surface area contributed by atoms with Gasteiger partial charge in [0.15, 0.2) is 0 Å². The van der Waals surface area contributed by atoms with Crippen LogP contribution in [0.3, 0.4) is 0 Å². The van der Waals surface area contributed by atoms with E-state index in [2.05, 4.69) is 43.3 Å². The van der Waals surface area contributed by atoms with E-state index in [9.17, 15) is 14.2 Å². The second-order valence-corrected chi connectivity index (χ2v) is 9.20. The number of phosphoric acid groups is 1. The average molecular weight is 555 g/mol. The van der Waals surface area contributed by atoms with Crippen LogP contribution in [0.25, 0.3) is 0 Å². The SMILES string of the molecule is CNN.COP(=O)(OC)OC1CC(n2cc(C#CCNC(=O)c3cccnc3)c(N)nc2=O)OC1COO. The smallest absolute Gasteiger partial charge is 0.382 e. The largest absolute Gasteiger partial charge is 0.474 e. The van der Waals surface area contributed by atoms with Crippen LogP contribution >= 0.6 is 7.82 Å². The predicted octanol–water partition coefficient (Wildman–Crippen LogP) is -0.355. The topological polar surface area (TPSA) is 224 Å². The number of nitrogens with zero attached hydrogens (tertiary/aromatic N) is 3. The molecule has 3 heterocycles. The van der Waals surface area contributed by atoms with Crippen molar-refractivity contribution in [1.82, 2.24) is 25.3 Å². The summed E-state index contributed by atoms with van der Waals surface area (Å²) in [5, 5.41) is 11.5. The minimum atomic E-state index is -3.89. The molecule has 208 valence electrons. The number of aromatic nitrogens is 3. The van der Waals surface area contributed by atoms with Crippen LogP contribution in [-0.2, 0) is 27.8 Å². The summed E-state index contributed by atoms with van der Waals surface area (Å²) in [5.74, 6) is 9.63. The first-order chi connectivity index (χ1) is 18.2. The number of phosphoric ester groups is 1. The van der Waals surface area contributed by atoms with E-state index in [1.807, 2.05) is 0 Å². The number of amides is 1. The molecule has 17 heteroatoms. The molecular formula is C21H30N7O9P. The number of nitrogens with two attached hydrogens (primary N) is 2. The van der Waals surface area contributed by atoms with Gasteiger partial charge in [0.1, 0.15) is 30.9 Å². The molecule has 3 unspecified atom stereocenters.